The molecule has 4 heteroatoms. The molecule has 0 spiro atoms. The quantitative estimate of drug-likeness (QED) is 0.335. The highest BCUT2D eigenvalue weighted by Crippen LogP contribution is 2.40. The molecule has 0 fully saturated rings. The van der Waals surface area contributed by atoms with Gasteiger partial charge in [-0.3, -0.25) is 0 Å². The maximum atomic E-state index is 12.1. The second kappa shape index (κ2) is 8.21. The molecule has 0 aliphatic carbocycles. The Morgan fingerprint density at radius 2 is 1.35 bits per heavy atom. The average molecular weight is 333 g/mol. The Morgan fingerprint density at radius 3 is 1.74 bits per heavy atom. The molecule has 0 bridgehead atoms. The second-order valence-corrected chi connectivity index (χ2v) is 12.3. The molecular weight excluding hydrogens is 304 g/mol. The van der Waals surface area contributed by atoms with Crippen molar-refractivity contribution in [2.45, 2.75) is 58.2 Å². The van der Waals surface area contributed by atoms with Gasteiger partial charge in [-0.1, -0.05) is 41.5 Å². The molecule has 1 aromatic rings. The van der Waals surface area contributed by atoms with Crippen molar-refractivity contribution in [3.05, 3.63) is 24.3 Å². The number of hydrogen-bond acceptors (Lipinski definition) is 3. The summed E-state index contributed by atoms with van der Waals surface area (Å²) in [4.78, 5) is 12.1. The zero-order chi connectivity index (χ0) is 17.6. The van der Waals surface area contributed by atoms with E-state index in [1.54, 1.807) is 31.4 Å². The minimum atomic E-state index is -1.90. The molecule has 23 heavy (non-hydrogen) atoms. The van der Waals surface area contributed by atoms with Gasteiger partial charge in [-0.15, -0.1) is 5.54 Å². The number of rotatable bonds is 5. The summed E-state index contributed by atoms with van der Waals surface area (Å²) in [6, 6.07) is 6.92. The Morgan fingerprint density at radius 1 is 0.913 bits per heavy atom. The van der Waals surface area contributed by atoms with Gasteiger partial charge in [-0.2, -0.15) is 0 Å². The lowest BCUT2D eigenvalue weighted by Crippen LogP contribution is -2.43. The molecule has 0 saturated heterocycles. The van der Waals surface area contributed by atoms with Crippen molar-refractivity contribution < 1.29 is 14.3 Å². The topological polar surface area (TPSA) is 35.5 Å². The lowest BCUT2D eigenvalue weighted by atomic mass is 10.3. The summed E-state index contributed by atoms with van der Waals surface area (Å²) >= 11 is 0. The normalized spacial score (nSPS) is 11.4. The third-order valence-corrected chi connectivity index (χ3v) is 10.8. The first kappa shape index (κ1) is 19.3. The molecule has 126 valence electrons. The van der Waals surface area contributed by atoms with Crippen LogP contribution in [0.2, 0.25) is 16.6 Å². The number of methoxy groups -OCH3 is 1. The fourth-order valence-corrected chi connectivity index (χ4v) is 8.55. The zero-order valence-electron chi connectivity index (χ0n) is 15.3. The summed E-state index contributed by atoms with van der Waals surface area (Å²) in [6.45, 7) is 13.3. The van der Waals surface area contributed by atoms with Crippen LogP contribution in [0.5, 0.6) is 11.5 Å². The van der Waals surface area contributed by atoms with E-state index in [-0.39, 0.29) is 0 Å². The van der Waals surface area contributed by atoms with E-state index in [1.165, 1.54) is 0 Å². The van der Waals surface area contributed by atoms with Gasteiger partial charge in [0.1, 0.15) is 19.6 Å². The molecule has 0 heterocycles. The smallest absolute Gasteiger partial charge is 0.389 e. The lowest BCUT2D eigenvalue weighted by molar-refractivity contribution is -0.128. The monoisotopic (exact) mass is 332 g/mol. The first-order valence-corrected chi connectivity index (χ1v) is 10.4. The maximum absolute atomic E-state index is 12.1. The Bertz CT molecular complexity index is 555. The Labute approximate surface area is 141 Å². The van der Waals surface area contributed by atoms with Crippen LogP contribution < -0.4 is 9.47 Å². The molecule has 0 radical (unpaired) electrons. The molecule has 0 N–H and O–H groups in total. The summed E-state index contributed by atoms with van der Waals surface area (Å²) in [5.41, 5.74) is 4.83. The molecule has 0 saturated carbocycles. The van der Waals surface area contributed by atoms with E-state index in [0.717, 1.165) is 5.75 Å². The van der Waals surface area contributed by atoms with Crippen LogP contribution in [0.25, 0.3) is 0 Å². The van der Waals surface area contributed by atoms with Crippen LogP contribution in [-0.2, 0) is 4.79 Å². The largest absolute Gasteiger partial charge is 0.497 e. The highest BCUT2D eigenvalue weighted by molar-refractivity contribution is 6.90. The summed E-state index contributed by atoms with van der Waals surface area (Å²) in [6.07, 6.45) is 0. The van der Waals surface area contributed by atoms with Gasteiger partial charge >= 0.3 is 5.97 Å². The molecule has 0 atom stereocenters. The fraction of sp³-hybridized carbons (Fsp3) is 0.526. The number of hydrogen-bond donors (Lipinski definition) is 0. The number of benzene rings is 1. The zero-order valence-corrected chi connectivity index (χ0v) is 16.3. The molecule has 0 aliphatic rings. The number of carbonyl (C=O) groups excluding carboxylic acids is 1. The molecule has 0 amide bonds. The summed E-state index contributed by atoms with van der Waals surface area (Å²) in [5, 5.41) is 0. The molecule has 0 unspecified atom stereocenters. The van der Waals surface area contributed by atoms with Crippen LogP contribution in [0.1, 0.15) is 41.5 Å². The predicted molar refractivity (Wildman–Crippen MR) is 97.5 cm³/mol. The standard InChI is InChI=1S/C19H28O3Si/c1-14(2)23(15(3)4,16(5)6)13-12-19(20)22-18-10-8-17(21-7)9-11-18/h8-11,14-16H,1-7H3. The molecule has 0 aliphatic heterocycles. The average Bonchev–Trinajstić information content (AvgIpc) is 2.47. The van der Waals surface area contributed by atoms with Gasteiger partial charge in [-0.05, 0) is 40.9 Å². The van der Waals surface area contributed by atoms with Gasteiger partial charge in [0.15, 0.2) is 0 Å². The van der Waals surface area contributed by atoms with Crippen LogP contribution in [0.15, 0.2) is 24.3 Å². The van der Waals surface area contributed by atoms with Gasteiger partial charge in [0, 0.05) is 5.92 Å². The van der Waals surface area contributed by atoms with Crippen LogP contribution in [0.4, 0.5) is 0 Å². The van der Waals surface area contributed by atoms with Crippen LogP contribution >= 0.6 is 0 Å². The predicted octanol–water partition coefficient (Wildman–Crippen LogP) is 4.82. The summed E-state index contributed by atoms with van der Waals surface area (Å²) in [7, 11) is -0.307. The van der Waals surface area contributed by atoms with E-state index in [4.69, 9.17) is 9.47 Å². The molecule has 1 aromatic carbocycles. The van der Waals surface area contributed by atoms with Crippen molar-refractivity contribution in [2.24, 2.45) is 0 Å². The van der Waals surface area contributed by atoms with Crippen LogP contribution in [-0.4, -0.2) is 21.2 Å². The summed E-state index contributed by atoms with van der Waals surface area (Å²) < 4.78 is 10.4. The lowest BCUT2D eigenvalue weighted by Gasteiger charge is -2.37. The van der Waals surface area contributed by atoms with Crippen molar-refractivity contribution in [1.82, 2.24) is 0 Å². The van der Waals surface area contributed by atoms with E-state index >= 15 is 0 Å². The first-order chi connectivity index (χ1) is 10.7. The van der Waals surface area contributed by atoms with Gasteiger partial charge < -0.3 is 9.47 Å². The third-order valence-electron chi connectivity index (χ3n) is 4.52. The molecule has 0 aromatic heterocycles. The van der Waals surface area contributed by atoms with Crippen LogP contribution in [0.3, 0.4) is 0 Å². The van der Waals surface area contributed by atoms with Gasteiger partial charge in [0.2, 0.25) is 0 Å². The maximum Gasteiger partial charge on any atom is 0.389 e. The summed E-state index contributed by atoms with van der Waals surface area (Å²) in [5.74, 6) is 3.48. The van der Waals surface area contributed by atoms with E-state index in [9.17, 15) is 4.79 Å². The Balaban J connectivity index is 2.95. The minimum Gasteiger partial charge on any atom is -0.497 e. The van der Waals surface area contributed by atoms with E-state index < -0.39 is 14.0 Å². The Hall–Kier alpha value is -1.73. The Kier molecular flexibility index (Phi) is 6.90. The minimum absolute atomic E-state index is 0.482. The van der Waals surface area contributed by atoms with Crippen molar-refractivity contribution in [1.29, 1.82) is 0 Å². The van der Waals surface area contributed by atoms with E-state index in [1.807, 2.05) is 0 Å². The van der Waals surface area contributed by atoms with Crippen LogP contribution in [0, 0.1) is 11.5 Å². The van der Waals surface area contributed by atoms with E-state index in [0.29, 0.717) is 22.4 Å². The molecule has 3 nitrogen and oxygen atoms in total. The number of ether oxygens (including phenoxy) is 2. The van der Waals surface area contributed by atoms with E-state index in [2.05, 4.69) is 53.0 Å². The van der Waals surface area contributed by atoms with Crippen molar-refractivity contribution in [3.63, 3.8) is 0 Å². The fourth-order valence-electron chi connectivity index (χ4n) is 3.37. The van der Waals surface area contributed by atoms with Crippen molar-refractivity contribution in [3.8, 4) is 23.0 Å². The highest BCUT2D eigenvalue weighted by atomic mass is 28.3. The first-order valence-electron chi connectivity index (χ1n) is 8.13. The van der Waals surface area contributed by atoms with Gasteiger partial charge in [-0.25, -0.2) is 4.79 Å². The molecular formula is C19H28O3Si. The van der Waals surface area contributed by atoms with Gasteiger partial charge in [0.25, 0.3) is 0 Å². The SMILES string of the molecule is COc1ccc(OC(=O)C#C[Si](C(C)C)(C(C)C)C(C)C)cc1. The van der Waals surface area contributed by atoms with Gasteiger partial charge in [0.05, 0.1) is 7.11 Å². The second-order valence-electron chi connectivity index (χ2n) is 6.71. The van der Waals surface area contributed by atoms with Crippen molar-refractivity contribution in [2.75, 3.05) is 7.11 Å². The number of carbonyl (C=O) groups is 1. The van der Waals surface area contributed by atoms with Crippen molar-refractivity contribution >= 4 is 14.0 Å². The number of esters is 1. The third kappa shape index (κ3) is 4.62. The highest BCUT2D eigenvalue weighted by Gasteiger charge is 2.41. The molecule has 1 rings (SSSR count).